The van der Waals surface area contributed by atoms with Gasteiger partial charge < -0.3 is 5.32 Å². The molecule has 0 aromatic carbocycles. The van der Waals surface area contributed by atoms with E-state index in [1.54, 1.807) is 6.92 Å². The van der Waals surface area contributed by atoms with Gasteiger partial charge in [0.1, 0.15) is 0 Å². The summed E-state index contributed by atoms with van der Waals surface area (Å²) in [4.78, 5) is 10.3. The van der Waals surface area contributed by atoms with Crippen LogP contribution in [0.1, 0.15) is 6.92 Å². The van der Waals surface area contributed by atoms with Crippen molar-refractivity contribution >= 4 is 23.5 Å². The van der Waals surface area contributed by atoms with Gasteiger partial charge in [-0.3, -0.25) is 5.32 Å². The molecular formula is C6H7ClF3N5. The first-order chi connectivity index (χ1) is 6.90. The molecule has 15 heavy (non-hydrogen) atoms. The number of hydrogen-bond acceptors (Lipinski definition) is 5. The third-order valence-electron chi connectivity index (χ3n) is 1.20. The Morgan fingerprint density at radius 1 is 1.20 bits per heavy atom. The van der Waals surface area contributed by atoms with Crippen LogP contribution in [0, 0.1) is 0 Å². The van der Waals surface area contributed by atoms with Crippen LogP contribution in [-0.4, -0.2) is 27.8 Å². The predicted molar refractivity (Wildman–Crippen MR) is 48.7 cm³/mol. The van der Waals surface area contributed by atoms with Crippen LogP contribution in [0.5, 0.6) is 0 Å². The molecule has 0 atom stereocenters. The molecule has 1 rings (SSSR count). The van der Waals surface area contributed by atoms with Crippen molar-refractivity contribution in [2.75, 3.05) is 17.2 Å². The lowest BCUT2D eigenvalue weighted by atomic mass is 10.7. The van der Waals surface area contributed by atoms with Crippen molar-refractivity contribution in [3.63, 3.8) is 0 Å². The maximum absolute atomic E-state index is 11.9. The Balaban J connectivity index is 2.88. The lowest BCUT2D eigenvalue weighted by Crippen LogP contribution is -2.23. The second-order valence-electron chi connectivity index (χ2n) is 2.40. The first-order valence-electron chi connectivity index (χ1n) is 3.91. The van der Waals surface area contributed by atoms with E-state index in [2.05, 4.69) is 20.3 Å². The molecule has 0 aliphatic carbocycles. The van der Waals surface area contributed by atoms with Gasteiger partial charge in [-0.15, -0.1) is 0 Å². The summed E-state index contributed by atoms with van der Waals surface area (Å²) in [5, 5.41) is 3.44. The van der Waals surface area contributed by atoms with E-state index in [4.69, 9.17) is 11.6 Å². The number of hydrogen-bond donors (Lipinski definition) is 2. The summed E-state index contributed by atoms with van der Waals surface area (Å²) < 4.78 is 35.7. The highest BCUT2D eigenvalue weighted by atomic mass is 35.5. The molecule has 0 bridgehead atoms. The Labute approximate surface area is 88.1 Å². The minimum Gasteiger partial charge on any atom is -0.354 e. The molecule has 0 aliphatic heterocycles. The normalized spacial score (nSPS) is 11.3. The van der Waals surface area contributed by atoms with Gasteiger partial charge >= 0.3 is 6.30 Å². The number of nitrogens with one attached hydrogen (secondary N) is 2. The number of anilines is 2. The highest BCUT2D eigenvalue weighted by Crippen LogP contribution is 2.18. The van der Waals surface area contributed by atoms with Crippen molar-refractivity contribution in [1.29, 1.82) is 0 Å². The van der Waals surface area contributed by atoms with E-state index < -0.39 is 12.2 Å². The van der Waals surface area contributed by atoms with Gasteiger partial charge in [-0.2, -0.15) is 28.1 Å². The molecule has 2 N–H and O–H groups in total. The molecule has 0 unspecified atom stereocenters. The lowest BCUT2D eigenvalue weighted by molar-refractivity contribution is -0.101. The number of halogens is 4. The number of rotatable bonds is 3. The highest BCUT2D eigenvalue weighted by Gasteiger charge is 2.28. The van der Waals surface area contributed by atoms with Gasteiger partial charge in [0.05, 0.1) is 0 Å². The molecule has 0 radical (unpaired) electrons. The van der Waals surface area contributed by atoms with Gasteiger partial charge in [0.2, 0.25) is 17.2 Å². The molecular weight excluding hydrogens is 235 g/mol. The van der Waals surface area contributed by atoms with Crippen LogP contribution in [0.15, 0.2) is 0 Å². The fourth-order valence-corrected chi connectivity index (χ4v) is 0.930. The molecule has 1 heterocycles. The van der Waals surface area contributed by atoms with Crippen LogP contribution in [0.2, 0.25) is 5.28 Å². The molecule has 84 valence electrons. The van der Waals surface area contributed by atoms with E-state index in [0.29, 0.717) is 6.54 Å². The van der Waals surface area contributed by atoms with E-state index in [1.807, 2.05) is 0 Å². The standard InChI is InChI=1S/C6H7ClF3N5/c1-2-11-4-12-3(7)13-5(14-4)15-6(8,9)10/h2H2,1H3,(H2,11,12,13,14,15). The van der Waals surface area contributed by atoms with Crippen molar-refractivity contribution in [1.82, 2.24) is 15.0 Å². The van der Waals surface area contributed by atoms with Crippen molar-refractivity contribution in [3.05, 3.63) is 5.28 Å². The topological polar surface area (TPSA) is 62.7 Å². The van der Waals surface area contributed by atoms with Crippen LogP contribution in [0.4, 0.5) is 25.1 Å². The van der Waals surface area contributed by atoms with Crippen molar-refractivity contribution in [2.24, 2.45) is 0 Å². The van der Waals surface area contributed by atoms with E-state index in [9.17, 15) is 13.2 Å². The maximum atomic E-state index is 11.9. The fourth-order valence-electron chi connectivity index (χ4n) is 0.770. The Morgan fingerprint density at radius 2 is 1.80 bits per heavy atom. The molecule has 0 amide bonds. The van der Waals surface area contributed by atoms with Crippen LogP contribution < -0.4 is 10.6 Å². The maximum Gasteiger partial charge on any atom is 0.484 e. The van der Waals surface area contributed by atoms with E-state index in [-0.39, 0.29) is 11.2 Å². The molecule has 0 aliphatic rings. The molecule has 1 aromatic rings. The minimum atomic E-state index is -4.60. The average Bonchev–Trinajstić information content (AvgIpc) is 1.99. The average molecular weight is 242 g/mol. The zero-order valence-electron chi connectivity index (χ0n) is 7.56. The van der Waals surface area contributed by atoms with Gasteiger partial charge in [0.15, 0.2) is 0 Å². The Morgan fingerprint density at radius 3 is 2.33 bits per heavy atom. The molecule has 0 spiro atoms. The summed E-state index contributed by atoms with van der Waals surface area (Å²) >= 11 is 5.41. The highest BCUT2D eigenvalue weighted by molar-refractivity contribution is 6.28. The number of aromatic nitrogens is 3. The summed E-state index contributed by atoms with van der Waals surface area (Å²) in [6.07, 6.45) is -4.60. The number of alkyl halides is 3. The molecule has 1 aromatic heterocycles. The summed E-state index contributed by atoms with van der Waals surface area (Å²) in [6.45, 7) is 2.21. The summed E-state index contributed by atoms with van der Waals surface area (Å²) in [5.74, 6) is -0.650. The largest absolute Gasteiger partial charge is 0.484 e. The monoisotopic (exact) mass is 241 g/mol. The van der Waals surface area contributed by atoms with Gasteiger partial charge in [0, 0.05) is 6.54 Å². The first kappa shape index (κ1) is 11.8. The SMILES string of the molecule is CCNc1nc(Cl)nc(NC(F)(F)F)n1. The Kier molecular flexibility index (Phi) is 3.51. The van der Waals surface area contributed by atoms with Gasteiger partial charge in [-0.1, -0.05) is 0 Å². The summed E-state index contributed by atoms with van der Waals surface area (Å²) in [7, 11) is 0. The predicted octanol–water partition coefficient (Wildman–Crippen LogP) is 1.89. The van der Waals surface area contributed by atoms with Crippen molar-refractivity contribution in [2.45, 2.75) is 13.2 Å². The molecule has 0 saturated heterocycles. The van der Waals surface area contributed by atoms with Gasteiger partial charge in [-0.25, -0.2) is 0 Å². The quantitative estimate of drug-likeness (QED) is 0.792. The molecule has 0 fully saturated rings. The molecule has 5 nitrogen and oxygen atoms in total. The van der Waals surface area contributed by atoms with Crippen LogP contribution >= 0.6 is 11.6 Å². The van der Waals surface area contributed by atoms with Gasteiger partial charge in [-0.05, 0) is 18.5 Å². The Bertz CT molecular complexity index is 342. The molecule has 0 saturated carbocycles. The minimum absolute atomic E-state index is 0.00995. The van der Waals surface area contributed by atoms with Crippen LogP contribution in [0.25, 0.3) is 0 Å². The smallest absolute Gasteiger partial charge is 0.354 e. The zero-order valence-corrected chi connectivity index (χ0v) is 8.32. The summed E-state index contributed by atoms with van der Waals surface area (Å²) in [5.41, 5.74) is 0. The summed E-state index contributed by atoms with van der Waals surface area (Å²) in [6, 6.07) is 0. The third kappa shape index (κ3) is 4.15. The van der Waals surface area contributed by atoms with Crippen LogP contribution in [-0.2, 0) is 0 Å². The first-order valence-corrected chi connectivity index (χ1v) is 4.29. The van der Waals surface area contributed by atoms with E-state index in [0.717, 1.165) is 5.32 Å². The zero-order chi connectivity index (χ0) is 11.5. The second-order valence-corrected chi connectivity index (χ2v) is 2.74. The second kappa shape index (κ2) is 4.47. The lowest BCUT2D eigenvalue weighted by Gasteiger charge is -2.09. The van der Waals surface area contributed by atoms with Gasteiger partial charge in [0.25, 0.3) is 0 Å². The van der Waals surface area contributed by atoms with E-state index in [1.165, 1.54) is 0 Å². The van der Waals surface area contributed by atoms with Crippen molar-refractivity contribution < 1.29 is 13.2 Å². The van der Waals surface area contributed by atoms with Crippen LogP contribution in [0.3, 0.4) is 0 Å². The fraction of sp³-hybridized carbons (Fsp3) is 0.500. The Hall–Kier alpha value is -1.31. The van der Waals surface area contributed by atoms with Crippen molar-refractivity contribution in [3.8, 4) is 0 Å². The number of nitrogens with zero attached hydrogens (tertiary/aromatic N) is 3. The third-order valence-corrected chi connectivity index (χ3v) is 1.37. The molecule has 9 heteroatoms. The van der Waals surface area contributed by atoms with E-state index >= 15 is 0 Å².